The molecule has 2 amide bonds. The van der Waals surface area contributed by atoms with E-state index in [2.05, 4.69) is 64.8 Å². The van der Waals surface area contributed by atoms with Crippen LogP contribution in [0.25, 0.3) is 0 Å². The van der Waals surface area contributed by atoms with Crippen molar-refractivity contribution in [3.63, 3.8) is 0 Å². The fourth-order valence-corrected chi connectivity index (χ4v) is 4.15. The summed E-state index contributed by atoms with van der Waals surface area (Å²) in [7, 11) is 0. The molecule has 1 aromatic heterocycles. The van der Waals surface area contributed by atoms with Gasteiger partial charge in [-0.15, -0.1) is 0 Å². The van der Waals surface area contributed by atoms with Crippen LogP contribution in [0.1, 0.15) is 46.7 Å². The van der Waals surface area contributed by atoms with E-state index in [1.807, 2.05) is 18.3 Å². The fourth-order valence-electron chi connectivity index (χ4n) is 4.15. The number of ether oxygens (including phenoxy) is 1. The van der Waals surface area contributed by atoms with Crippen molar-refractivity contribution in [1.82, 2.24) is 15.3 Å². The molecule has 0 bridgehead atoms. The molecule has 31 heavy (non-hydrogen) atoms. The second kappa shape index (κ2) is 9.79. The summed E-state index contributed by atoms with van der Waals surface area (Å²) in [6.07, 6.45) is 6.21. The number of hydrogen-bond acceptors (Lipinski definition) is 3. The Morgan fingerprint density at radius 3 is 2.65 bits per heavy atom. The number of carbonyl (C=O) groups is 1. The zero-order chi connectivity index (χ0) is 21.6. The van der Waals surface area contributed by atoms with E-state index in [1.165, 1.54) is 22.3 Å². The second-order valence-electron chi connectivity index (χ2n) is 8.23. The Morgan fingerprint density at radius 1 is 1.16 bits per heavy atom. The molecule has 3 aromatic rings. The minimum atomic E-state index is -0.162. The Balaban J connectivity index is 1.44. The lowest BCUT2D eigenvalue weighted by Crippen LogP contribution is -2.41. The Kier molecular flexibility index (Phi) is 6.67. The van der Waals surface area contributed by atoms with Crippen LogP contribution in [-0.2, 0) is 11.2 Å². The summed E-state index contributed by atoms with van der Waals surface area (Å²) in [5.41, 5.74) is 7.00. The average Bonchev–Trinajstić information content (AvgIpc) is 3.31. The highest BCUT2D eigenvalue weighted by Gasteiger charge is 2.19. The van der Waals surface area contributed by atoms with E-state index in [1.54, 1.807) is 6.33 Å². The van der Waals surface area contributed by atoms with E-state index in [-0.39, 0.29) is 18.0 Å². The van der Waals surface area contributed by atoms with Crippen LogP contribution in [0.4, 0.5) is 10.5 Å². The Labute approximate surface area is 183 Å². The molecule has 3 N–H and O–H groups in total. The predicted octanol–water partition coefficient (Wildman–Crippen LogP) is 4.70. The van der Waals surface area contributed by atoms with Gasteiger partial charge in [0, 0.05) is 42.8 Å². The molecule has 2 aromatic carbocycles. The summed E-state index contributed by atoms with van der Waals surface area (Å²) < 4.78 is 5.34. The molecular formula is C25H30N4O2. The lowest BCUT2D eigenvalue weighted by atomic mass is 9.85. The number of benzene rings is 2. The molecule has 0 saturated carbocycles. The molecule has 1 aliphatic rings. The third kappa shape index (κ3) is 5.33. The van der Waals surface area contributed by atoms with E-state index < -0.39 is 0 Å². The van der Waals surface area contributed by atoms with Crippen molar-refractivity contribution in [1.29, 1.82) is 0 Å². The molecule has 0 aliphatic carbocycles. The first-order valence-corrected chi connectivity index (χ1v) is 10.9. The van der Waals surface area contributed by atoms with Crippen LogP contribution in [0.2, 0.25) is 0 Å². The van der Waals surface area contributed by atoms with Gasteiger partial charge in [-0.3, -0.25) is 0 Å². The van der Waals surface area contributed by atoms with E-state index in [0.29, 0.717) is 13.2 Å². The van der Waals surface area contributed by atoms with Gasteiger partial charge in [0.05, 0.1) is 6.33 Å². The van der Waals surface area contributed by atoms with Gasteiger partial charge in [0.25, 0.3) is 0 Å². The topological polar surface area (TPSA) is 79.0 Å². The van der Waals surface area contributed by atoms with Crippen LogP contribution in [-0.4, -0.2) is 35.3 Å². The maximum Gasteiger partial charge on any atom is 0.319 e. The molecule has 162 valence electrons. The molecule has 1 aliphatic heterocycles. The number of amides is 2. The molecule has 2 heterocycles. The normalized spacial score (nSPS) is 15.4. The lowest BCUT2D eigenvalue weighted by molar-refractivity contribution is 0.0806. The molecule has 1 saturated heterocycles. The molecule has 1 unspecified atom stereocenters. The van der Waals surface area contributed by atoms with Crippen molar-refractivity contribution >= 4 is 11.7 Å². The SMILES string of the molecule is Cc1cccc(C(Cc2ccc(NC(=O)NC3CCOCC3)cc2)c2cnc[nH]2)c1C. The second-order valence-corrected chi connectivity index (χ2v) is 8.23. The van der Waals surface area contributed by atoms with Crippen molar-refractivity contribution in [2.75, 3.05) is 18.5 Å². The number of carbonyl (C=O) groups excluding carboxylic acids is 1. The van der Waals surface area contributed by atoms with Crippen molar-refractivity contribution in [3.8, 4) is 0 Å². The van der Waals surface area contributed by atoms with Gasteiger partial charge in [-0.05, 0) is 67.5 Å². The number of H-pyrrole nitrogens is 1. The van der Waals surface area contributed by atoms with E-state index in [0.717, 1.165) is 30.6 Å². The van der Waals surface area contributed by atoms with Crippen LogP contribution >= 0.6 is 0 Å². The van der Waals surface area contributed by atoms with Gasteiger partial charge in [-0.25, -0.2) is 9.78 Å². The highest BCUT2D eigenvalue weighted by molar-refractivity contribution is 5.89. The van der Waals surface area contributed by atoms with Crippen molar-refractivity contribution < 1.29 is 9.53 Å². The van der Waals surface area contributed by atoms with Gasteiger partial charge in [0.15, 0.2) is 0 Å². The number of nitrogens with zero attached hydrogens (tertiary/aromatic N) is 1. The Hall–Kier alpha value is -3.12. The van der Waals surface area contributed by atoms with E-state index in [4.69, 9.17) is 4.74 Å². The molecule has 4 rings (SSSR count). The quantitative estimate of drug-likeness (QED) is 0.543. The number of urea groups is 1. The first kappa shape index (κ1) is 21.1. The van der Waals surface area contributed by atoms with Crippen LogP contribution in [0.15, 0.2) is 55.0 Å². The zero-order valence-corrected chi connectivity index (χ0v) is 18.2. The number of rotatable bonds is 6. The minimum absolute atomic E-state index is 0.162. The van der Waals surface area contributed by atoms with E-state index >= 15 is 0 Å². The third-order valence-corrected chi connectivity index (χ3v) is 6.12. The first-order chi connectivity index (χ1) is 15.1. The molecule has 1 fully saturated rings. The van der Waals surface area contributed by atoms with Crippen molar-refractivity contribution in [3.05, 3.63) is 82.9 Å². The molecular weight excluding hydrogens is 388 g/mol. The third-order valence-electron chi connectivity index (χ3n) is 6.12. The van der Waals surface area contributed by atoms with Crippen molar-refractivity contribution in [2.45, 2.75) is 45.1 Å². The highest BCUT2D eigenvalue weighted by Crippen LogP contribution is 2.31. The van der Waals surface area contributed by atoms with Crippen LogP contribution in [0.3, 0.4) is 0 Å². The molecule has 6 heteroatoms. The van der Waals surface area contributed by atoms with Crippen LogP contribution < -0.4 is 10.6 Å². The smallest absolute Gasteiger partial charge is 0.319 e. The standard InChI is InChI=1S/C25H30N4O2/c1-17-4-3-5-22(18(17)2)23(24-15-26-16-27-24)14-19-6-8-20(9-7-19)28-25(30)29-21-10-12-31-13-11-21/h3-9,15-16,21,23H,10-14H2,1-2H3,(H,26,27)(H2,28,29,30). The van der Waals surface area contributed by atoms with Gasteiger partial charge in [-0.2, -0.15) is 0 Å². The summed E-state index contributed by atoms with van der Waals surface area (Å²) >= 11 is 0. The number of aryl methyl sites for hydroxylation is 1. The number of imidazole rings is 1. The van der Waals surface area contributed by atoms with Crippen LogP contribution in [0, 0.1) is 13.8 Å². The first-order valence-electron chi connectivity index (χ1n) is 10.9. The molecule has 0 spiro atoms. The Morgan fingerprint density at radius 2 is 1.94 bits per heavy atom. The van der Waals surface area contributed by atoms with E-state index in [9.17, 15) is 4.79 Å². The van der Waals surface area contributed by atoms with Gasteiger partial charge in [0.2, 0.25) is 0 Å². The monoisotopic (exact) mass is 418 g/mol. The lowest BCUT2D eigenvalue weighted by Gasteiger charge is -2.23. The van der Waals surface area contributed by atoms with Crippen LogP contribution in [0.5, 0.6) is 0 Å². The van der Waals surface area contributed by atoms with Crippen molar-refractivity contribution in [2.24, 2.45) is 0 Å². The molecule has 1 atom stereocenters. The number of nitrogens with one attached hydrogen (secondary N) is 3. The van der Waals surface area contributed by atoms with Gasteiger partial charge in [-0.1, -0.05) is 30.3 Å². The fraction of sp³-hybridized carbons (Fsp3) is 0.360. The summed E-state index contributed by atoms with van der Waals surface area (Å²) in [5, 5.41) is 5.96. The predicted molar refractivity (Wildman–Crippen MR) is 122 cm³/mol. The van der Waals surface area contributed by atoms with Gasteiger partial charge >= 0.3 is 6.03 Å². The largest absolute Gasteiger partial charge is 0.381 e. The summed E-state index contributed by atoms with van der Waals surface area (Å²) in [5.74, 6) is 0.193. The maximum absolute atomic E-state index is 12.3. The van der Waals surface area contributed by atoms with Gasteiger partial charge < -0.3 is 20.4 Å². The summed E-state index contributed by atoms with van der Waals surface area (Å²) in [6.45, 7) is 5.74. The number of aromatic nitrogens is 2. The van der Waals surface area contributed by atoms with Gasteiger partial charge in [0.1, 0.15) is 0 Å². The molecule has 0 radical (unpaired) electrons. The highest BCUT2D eigenvalue weighted by atomic mass is 16.5. The number of aromatic amines is 1. The average molecular weight is 419 g/mol. The maximum atomic E-state index is 12.3. The number of hydrogen-bond donors (Lipinski definition) is 3. The zero-order valence-electron chi connectivity index (χ0n) is 18.2. The number of anilines is 1. The Bertz CT molecular complexity index is 993. The summed E-state index contributed by atoms with van der Waals surface area (Å²) in [6, 6.07) is 14.6. The minimum Gasteiger partial charge on any atom is -0.381 e. The molecule has 6 nitrogen and oxygen atoms in total. The summed E-state index contributed by atoms with van der Waals surface area (Å²) in [4.78, 5) is 19.8.